The van der Waals surface area contributed by atoms with E-state index in [1.54, 1.807) is 12.1 Å². The monoisotopic (exact) mass is 260 g/mol. The van der Waals surface area contributed by atoms with Crippen molar-refractivity contribution >= 4 is 5.69 Å². The van der Waals surface area contributed by atoms with E-state index in [0.29, 0.717) is 6.54 Å². The Morgan fingerprint density at radius 3 is 2.58 bits per heavy atom. The molecule has 0 bridgehead atoms. The van der Waals surface area contributed by atoms with Crippen molar-refractivity contribution in [1.29, 1.82) is 5.26 Å². The molecule has 1 aliphatic heterocycles. The second-order valence-electron chi connectivity index (χ2n) is 4.64. The van der Waals surface area contributed by atoms with Crippen molar-refractivity contribution in [3.05, 3.63) is 39.9 Å². The SMILES string of the molecule is N#CCN1CCN(Cc2cccc([N+](=O)[O-])c2)CC1. The third kappa shape index (κ3) is 3.74. The number of non-ortho nitro benzene ring substituents is 1. The summed E-state index contributed by atoms with van der Waals surface area (Å²) in [4.78, 5) is 14.7. The topological polar surface area (TPSA) is 73.4 Å². The van der Waals surface area contributed by atoms with E-state index in [0.717, 1.165) is 38.3 Å². The first-order valence-electron chi connectivity index (χ1n) is 6.24. The van der Waals surface area contributed by atoms with Crippen LogP contribution in [0.1, 0.15) is 5.56 Å². The highest BCUT2D eigenvalue weighted by Crippen LogP contribution is 2.15. The number of rotatable bonds is 4. The molecular weight excluding hydrogens is 244 g/mol. The summed E-state index contributed by atoms with van der Waals surface area (Å²) in [6.45, 7) is 4.74. The summed E-state index contributed by atoms with van der Waals surface area (Å²) < 4.78 is 0. The Bertz CT molecular complexity index is 490. The first-order valence-corrected chi connectivity index (χ1v) is 6.24. The molecule has 0 amide bonds. The zero-order valence-electron chi connectivity index (χ0n) is 10.7. The van der Waals surface area contributed by atoms with Crippen LogP contribution in [0, 0.1) is 21.4 Å². The quantitative estimate of drug-likeness (QED) is 0.462. The van der Waals surface area contributed by atoms with Gasteiger partial charge in [0.15, 0.2) is 0 Å². The molecule has 0 atom stereocenters. The Labute approximate surface area is 112 Å². The van der Waals surface area contributed by atoms with Gasteiger partial charge in [-0.05, 0) is 5.56 Å². The molecule has 0 aliphatic carbocycles. The Morgan fingerprint density at radius 1 is 1.26 bits per heavy atom. The number of hydrogen-bond acceptors (Lipinski definition) is 5. The number of benzene rings is 1. The minimum Gasteiger partial charge on any atom is -0.297 e. The molecule has 19 heavy (non-hydrogen) atoms. The molecule has 2 rings (SSSR count). The first-order chi connectivity index (χ1) is 9.19. The molecule has 0 aromatic heterocycles. The molecule has 1 aromatic rings. The molecule has 100 valence electrons. The average Bonchev–Trinajstić information content (AvgIpc) is 2.42. The van der Waals surface area contributed by atoms with Gasteiger partial charge in [-0.3, -0.25) is 19.9 Å². The summed E-state index contributed by atoms with van der Waals surface area (Å²) >= 11 is 0. The largest absolute Gasteiger partial charge is 0.297 e. The van der Waals surface area contributed by atoms with Crippen molar-refractivity contribution in [3.63, 3.8) is 0 Å². The molecule has 6 nitrogen and oxygen atoms in total. The summed E-state index contributed by atoms with van der Waals surface area (Å²) in [5.41, 5.74) is 1.10. The highest BCUT2D eigenvalue weighted by atomic mass is 16.6. The van der Waals surface area contributed by atoms with Gasteiger partial charge in [0.2, 0.25) is 0 Å². The van der Waals surface area contributed by atoms with Crippen LogP contribution in [0.2, 0.25) is 0 Å². The number of nitro benzene ring substituents is 1. The second kappa shape index (κ2) is 6.27. The van der Waals surface area contributed by atoms with Crippen LogP contribution in [0.3, 0.4) is 0 Å². The molecule has 1 aliphatic rings. The Kier molecular flexibility index (Phi) is 4.44. The van der Waals surface area contributed by atoms with Gasteiger partial charge in [-0.1, -0.05) is 12.1 Å². The molecule has 0 saturated carbocycles. The number of nitriles is 1. The van der Waals surface area contributed by atoms with Crippen molar-refractivity contribution in [1.82, 2.24) is 9.80 Å². The van der Waals surface area contributed by atoms with Gasteiger partial charge < -0.3 is 0 Å². The molecule has 1 saturated heterocycles. The second-order valence-corrected chi connectivity index (χ2v) is 4.64. The minimum atomic E-state index is -0.367. The van der Waals surface area contributed by atoms with Gasteiger partial charge in [-0.2, -0.15) is 5.26 Å². The van der Waals surface area contributed by atoms with Gasteiger partial charge in [0.1, 0.15) is 0 Å². The average molecular weight is 260 g/mol. The summed E-state index contributed by atoms with van der Waals surface area (Å²) in [6.07, 6.45) is 0. The molecule has 0 spiro atoms. The molecule has 0 N–H and O–H groups in total. The maximum atomic E-state index is 10.7. The van der Waals surface area contributed by atoms with E-state index in [1.807, 2.05) is 6.07 Å². The van der Waals surface area contributed by atoms with Crippen LogP contribution in [0.15, 0.2) is 24.3 Å². The van der Waals surface area contributed by atoms with E-state index >= 15 is 0 Å². The number of piperazine rings is 1. The molecule has 0 unspecified atom stereocenters. The highest BCUT2D eigenvalue weighted by molar-refractivity contribution is 5.34. The van der Waals surface area contributed by atoms with Crippen LogP contribution in [0.4, 0.5) is 5.69 Å². The van der Waals surface area contributed by atoms with Gasteiger partial charge in [0.25, 0.3) is 5.69 Å². The molecule has 6 heteroatoms. The highest BCUT2D eigenvalue weighted by Gasteiger charge is 2.17. The molecule has 1 aromatic carbocycles. The third-order valence-corrected chi connectivity index (χ3v) is 3.29. The molecule has 1 heterocycles. The van der Waals surface area contributed by atoms with E-state index in [1.165, 1.54) is 6.07 Å². The van der Waals surface area contributed by atoms with Crippen LogP contribution in [0.25, 0.3) is 0 Å². The van der Waals surface area contributed by atoms with Gasteiger partial charge >= 0.3 is 0 Å². The van der Waals surface area contributed by atoms with Gasteiger partial charge in [-0.15, -0.1) is 0 Å². The standard InChI is InChI=1S/C13H16N4O2/c14-4-5-15-6-8-16(9-7-15)11-12-2-1-3-13(10-12)17(18)19/h1-3,10H,5-9,11H2. The fourth-order valence-corrected chi connectivity index (χ4v) is 2.23. The lowest BCUT2D eigenvalue weighted by atomic mass is 10.1. The van der Waals surface area contributed by atoms with Crippen LogP contribution < -0.4 is 0 Å². The van der Waals surface area contributed by atoms with E-state index in [-0.39, 0.29) is 10.6 Å². The van der Waals surface area contributed by atoms with E-state index < -0.39 is 0 Å². The van der Waals surface area contributed by atoms with Gasteiger partial charge in [0, 0.05) is 44.9 Å². The van der Waals surface area contributed by atoms with Crippen molar-refractivity contribution in [3.8, 4) is 6.07 Å². The zero-order valence-corrected chi connectivity index (χ0v) is 10.7. The van der Waals surface area contributed by atoms with Crippen LogP contribution in [0.5, 0.6) is 0 Å². The van der Waals surface area contributed by atoms with Crippen LogP contribution in [-0.2, 0) is 6.54 Å². The summed E-state index contributed by atoms with van der Waals surface area (Å²) in [5, 5.41) is 19.3. The van der Waals surface area contributed by atoms with Crippen molar-refractivity contribution in [2.24, 2.45) is 0 Å². The number of nitrogens with zero attached hydrogens (tertiary/aromatic N) is 4. The molecular formula is C13H16N4O2. The van der Waals surface area contributed by atoms with E-state index in [2.05, 4.69) is 15.9 Å². The van der Waals surface area contributed by atoms with Crippen molar-refractivity contribution < 1.29 is 4.92 Å². The summed E-state index contributed by atoms with van der Waals surface area (Å²) in [5.74, 6) is 0. The number of hydrogen-bond donors (Lipinski definition) is 0. The molecule has 1 fully saturated rings. The Morgan fingerprint density at radius 2 is 1.95 bits per heavy atom. The normalized spacial score (nSPS) is 17.0. The maximum absolute atomic E-state index is 10.7. The number of nitro groups is 1. The van der Waals surface area contributed by atoms with Gasteiger partial charge in [0.05, 0.1) is 17.5 Å². The zero-order chi connectivity index (χ0) is 13.7. The summed E-state index contributed by atoms with van der Waals surface area (Å²) in [7, 11) is 0. The van der Waals surface area contributed by atoms with E-state index in [9.17, 15) is 10.1 Å². The fraction of sp³-hybridized carbons (Fsp3) is 0.462. The Balaban J connectivity index is 1.90. The minimum absolute atomic E-state index is 0.139. The van der Waals surface area contributed by atoms with Crippen LogP contribution >= 0.6 is 0 Å². The lowest BCUT2D eigenvalue weighted by Crippen LogP contribution is -2.45. The van der Waals surface area contributed by atoms with Crippen molar-refractivity contribution in [2.45, 2.75) is 6.54 Å². The van der Waals surface area contributed by atoms with Crippen LogP contribution in [-0.4, -0.2) is 47.4 Å². The summed E-state index contributed by atoms with van der Waals surface area (Å²) in [6, 6.07) is 8.92. The fourth-order valence-electron chi connectivity index (χ4n) is 2.23. The lowest BCUT2D eigenvalue weighted by Gasteiger charge is -2.33. The third-order valence-electron chi connectivity index (χ3n) is 3.29. The maximum Gasteiger partial charge on any atom is 0.269 e. The smallest absolute Gasteiger partial charge is 0.269 e. The molecule has 0 radical (unpaired) electrons. The van der Waals surface area contributed by atoms with Gasteiger partial charge in [-0.25, -0.2) is 0 Å². The predicted octanol–water partition coefficient (Wildman–Crippen LogP) is 1.24. The van der Waals surface area contributed by atoms with Crippen molar-refractivity contribution in [2.75, 3.05) is 32.7 Å². The Hall–Kier alpha value is -1.97. The predicted molar refractivity (Wildman–Crippen MR) is 70.4 cm³/mol. The van der Waals surface area contributed by atoms with E-state index in [4.69, 9.17) is 5.26 Å². The lowest BCUT2D eigenvalue weighted by molar-refractivity contribution is -0.384. The first kappa shape index (κ1) is 13.5.